The maximum Gasteiger partial charge on any atom is 0.244 e. The Morgan fingerprint density at radius 2 is 1.94 bits per heavy atom. The molecule has 1 heterocycles. The van der Waals surface area contributed by atoms with Crippen LogP contribution in [0.2, 0.25) is 10.0 Å². The van der Waals surface area contributed by atoms with Gasteiger partial charge in [0, 0.05) is 29.3 Å². The van der Waals surface area contributed by atoms with E-state index in [4.69, 9.17) is 23.2 Å². The fourth-order valence-corrected chi connectivity index (χ4v) is 2.32. The zero-order chi connectivity index (χ0) is 11.7. The molecule has 0 aliphatic carbocycles. The van der Waals surface area contributed by atoms with Crippen LogP contribution in [0.3, 0.4) is 0 Å². The van der Waals surface area contributed by atoms with Crippen molar-refractivity contribution in [2.45, 2.75) is 12.5 Å². The summed E-state index contributed by atoms with van der Waals surface area (Å²) in [6.07, 6.45) is 0.805. The second-order valence-corrected chi connectivity index (χ2v) is 4.78. The molecule has 0 radical (unpaired) electrons. The van der Waals surface area contributed by atoms with E-state index in [-0.39, 0.29) is 11.9 Å². The first-order valence-electron chi connectivity index (χ1n) is 5.04. The summed E-state index contributed by atoms with van der Waals surface area (Å²) >= 11 is 11.8. The zero-order valence-electron chi connectivity index (χ0n) is 8.84. The largest absolute Gasteiger partial charge is 0.374 e. The highest BCUT2D eigenvalue weighted by Crippen LogP contribution is 2.24. The number of nitrogens with zero attached hydrogens (tertiary/aromatic N) is 1. The predicted octanol–water partition coefficient (Wildman–Crippen LogP) is 2.64. The normalized spacial score (nSPS) is 20.3. The van der Waals surface area contributed by atoms with Crippen molar-refractivity contribution in [3.05, 3.63) is 28.2 Å². The van der Waals surface area contributed by atoms with Crippen molar-refractivity contribution in [2.75, 3.05) is 18.9 Å². The van der Waals surface area contributed by atoms with Gasteiger partial charge in [0.25, 0.3) is 0 Å². The maximum atomic E-state index is 11.7. The lowest BCUT2D eigenvalue weighted by molar-refractivity contribution is -0.127. The van der Waals surface area contributed by atoms with E-state index in [0.29, 0.717) is 10.0 Å². The fourth-order valence-electron chi connectivity index (χ4n) is 1.79. The van der Waals surface area contributed by atoms with E-state index in [1.165, 1.54) is 0 Å². The van der Waals surface area contributed by atoms with Gasteiger partial charge in [-0.1, -0.05) is 23.2 Å². The van der Waals surface area contributed by atoms with Crippen LogP contribution >= 0.6 is 23.2 Å². The van der Waals surface area contributed by atoms with Gasteiger partial charge in [-0.05, 0) is 24.6 Å². The van der Waals surface area contributed by atoms with Gasteiger partial charge < -0.3 is 10.2 Å². The van der Waals surface area contributed by atoms with Crippen LogP contribution in [0.25, 0.3) is 0 Å². The van der Waals surface area contributed by atoms with E-state index in [1.54, 1.807) is 30.1 Å². The zero-order valence-corrected chi connectivity index (χ0v) is 10.3. The first kappa shape index (κ1) is 11.6. The number of benzene rings is 1. The summed E-state index contributed by atoms with van der Waals surface area (Å²) in [4.78, 5) is 13.4. The summed E-state index contributed by atoms with van der Waals surface area (Å²) in [6, 6.07) is 5.02. The van der Waals surface area contributed by atoms with Crippen LogP contribution < -0.4 is 5.32 Å². The first-order chi connectivity index (χ1) is 7.56. The van der Waals surface area contributed by atoms with Crippen molar-refractivity contribution in [1.82, 2.24) is 4.90 Å². The number of carbonyl (C=O) groups is 1. The number of hydrogen-bond donors (Lipinski definition) is 1. The smallest absolute Gasteiger partial charge is 0.244 e. The molecule has 1 aromatic carbocycles. The molecule has 1 fully saturated rings. The number of hydrogen-bond acceptors (Lipinski definition) is 2. The highest BCUT2D eigenvalue weighted by Gasteiger charge is 2.28. The number of anilines is 1. The molecule has 5 heteroatoms. The molecule has 0 aromatic heterocycles. The van der Waals surface area contributed by atoms with Crippen molar-refractivity contribution in [3.8, 4) is 0 Å². The molecule has 0 saturated carbocycles. The minimum atomic E-state index is -0.167. The Morgan fingerprint density at radius 3 is 2.44 bits per heavy atom. The molecule has 86 valence electrons. The Morgan fingerprint density at radius 1 is 1.31 bits per heavy atom. The standard InChI is InChI=1S/C11H12Cl2N2O/c1-15-3-2-10(11(15)16)14-9-5-7(12)4-8(13)6-9/h4-6,10,14H,2-3H2,1H3. The third-order valence-electron chi connectivity index (χ3n) is 2.63. The van der Waals surface area contributed by atoms with Gasteiger partial charge in [-0.3, -0.25) is 4.79 Å². The Kier molecular flexibility index (Phi) is 3.26. The van der Waals surface area contributed by atoms with Gasteiger partial charge in [0.1, 0.15) is 6.04 Å². The highest BCUT2D eigenvalue weighted by atomic mass is 35.5. The van der Waals surface area contributed by atoms with Gasteiger partial charge >= 0.3 is 0 Å². The summed E-state index contributed by atoms with van der Waals surface area (Å²) in [5.41, 5.74) is 0.783. The van der Waals surface area contributed by atoms with Crippen LogP contribution in [0.1, 0.15) is 6.42 Å². The molecule has 3 nitrogen and oxygen atoms in total. The molecule has 16 heavy (non-hydrogen) atoms. The summed E-state index contributed by atoms with van der Waals surface area (Å²) in [5.74, 6) is 0.107. The minimum absolute atomic E-state index is 0.107. The predicted molar refractivity (Wildman–Crippen MR) is 66.1 cm³/mol. The molecule has 1 aliphatic rings. The molecule has 1 N–H and O–H groups in total. The SMILES string of the molecule is CN1CCC(Nc2cc(Cl)cc(Cl)c2)C1=O. The van der Waals surface area contributed by atoms with Crippen LogP contribution in [0.5, 0.6) is 0 Å². The van der Waals surface area contributed by atoms with Gasteiger partial charge in [0.2, 0.25) is 5.91 Å². The van der Waals surface area contributed by atoms with Crippen LogP contribution in [-0.2, 0) is 4.79 Å². The molecule has 1 saturated heterocycles. The van der Waals surface area contributed by atoms with E-state index >= 15 is 0 Å². The van der Waals surface area contributed by atoms with Gasteiger partial charge in [-0.2, -0.15) is 0 Å². The Balaban J connectivity index is 2.12. The molecule has 1 aliphatic heterocycles. The summed E-state index contributed by atoms with van der Waals surface area (Å²) in [7, 11) is 1.80. The van der Waals surface area contributed by atoms with Crippen LogP contribution in [-0.4, -0.2) is 30.4 Å². The molecular formula is C11H12Cl2N2O. The topological polar surface area (TPSA) is 32.3 Å². The Bertz CT molecular complexity index is 402. The van der Waals surface area contributed by atoms with Crippen LogP contribution in [0, 0.1) is 0 Å². The monoisotopic (exact) mass is 258 g/mol. The average molecular weight is 259 g/mol. The van der Waals surface area contributed by atoms with Crippen molar-refractivity contribution in [2.24, 2.45) is 0 Å². The summed E-state index contributed by atoms with van der Waals surface area (Å²) in [5, 5.41) is 4.27. The van der Waals surface area contributed by atoms with Crippen molar-refractivity contribution < 1.29 is 4.79 Å². The molecule has 0 spiro atoms. The molecule has 2 rings (SSSR count). The first-order valence-corrected chi connectivity index (χ1v) is 5.79. The quantitative estimate of drug-likeness (QED) is 0.885. The number of carbonyl (C=O) groups excluding carboxylic acids is 1. The van der Waals surface area contributed by atoms with E-state index in [9.17, 15) is 4.79 Å². The summed E-state index contributed by atoms with van der Waals surface area (Å²) < 4.78 is 0. The molecule has 1 unspecified atom stereocenters. The molecule has 0 bridgehead atoms. The number of likely N-dealkylation sites (N-methyl/N-ethyl adjacent to an activating group) is 1. The van der Waals surface area contributed by atoms with E-state index in [2.05, 4.69) is 5.32 Å². The van der Waals surface area contributed by atoms with Crippen LogP contribution in [0.4, 0.5) is 5.69 Å². The third-order valence-corrected chi connectivity index (χ3v) is 3.07. The van der Waals surface area contributed by atoms with Crippen LogP contribution in [0.15, 0.2) is 18.2 Å². The number of nitrogens with one attached hydrogen (secondary N) is 1. The molecule has 1 atom stereocenters. The van der Waals surface area contributed by atoms with Gasteiger partial charge in [-0.25, -0.2) is 0 Å². The van der Waals surface area contributed by atoms with E-state index < -0.39 is 0 Å². The van der Waals surface area contributed by atoms with Crippen molar-refractivity contribution in [3.63, 3.8) is 0 Å². The fraction of sp³-hybridized carbons (Fsp3) is 0.364. The van der Waals surface area contributed by atoms with E-state index in [0.717, 1.165) is 18.7 Å². The van der Waals surface area contributed by atoms with Gasteiger partial charge in [0.15, 0.2) is 0 Å². The lowest BCUT2D eigenvalue weighted by atomic mass is 10.2. The minimum Gasteiger partial charge on any atom is -0.374 e. The second-order valence-electron chi connectivity index (χ2n) is 3.90. The number of amides is 1. The van der Waals surface area contributed by atoms with Gasteiger partial charge in [-0.15, -0.1) is 0 Å². The molecular weight excluding hydrogens is 247 g/mol. The van der Waals surface area contributed by atoms with Crippen molar-refractivity contribution in [1.29, 1.82) is 0 Å². The number of halogens is 2. The maximum absolute atomic E-state index is 11.7. The average Bonchev–Trinajstić information content (AvgIpc) is 2.48. The Hall–Kier alpha value is -0.930. The summed E-state index contributed by atoms with van der Waals surface area (Å²) in [6.45, 7) is 0.783. The lowest BCUT2D eigenvalue weighted by Crippen LogP contribution is -2.30. The Labute approximate surface area is 104 Å². The lowest BCUT2D eigenvalue weighted by Gasteiger charge is -2.13. The number of likely N-dealkylation sites (tertiary alicyclic amines) is 1. The highest BCUT2D eigenvalue weighted by molar-refractivity contribution is 6.35. The second kappa shape index (κ2) is 4.52. The number of rotatable bonds is 2. The molecule has 1 amide bonds. The van der Waals surface area contributed by atoms with Crippen molar-refractivity contribution >= 4 is 34.8 Å². The third kappa shape index (κ3) is 2.42. The molecule has 1 aromatic rings. The van der Waals surface area contributed by atoms with Gasteiger partial charge in [0.05, 0.1) is 0 Å². The van der Waals surface area contributed by atoms with E-state index in [1.807, 2.05) is 0 Å².